The van der Waals surface area contributed by atoms with E-state index in [0.717, 1.165) is 30.3 Å². The average molecular weight is 607 g/mol. The van der Waals surface area contributed by atoms with Crippen molar-refractivity contribution in [3.8, 4) is 5.75 Å². The number of nitrogens with two attached hydrogens (primary N) is 1. The van der Waals surface area contributed by atoms with Gasteiger partial charge in [-0.2, -0.15) is 39.9 Å². The zero-order chi connectivity index (χ0) is 30.7. The number of anilines is 1. The van der Waals surface area contributed by atoms with Gasteiger partial charge in [0.1, 0.15) is 5.75 Å². The van der Waals surface area contributed by atoms with Gasteiger partial charge in [-0.25, -0.2) is 0 Å². The third-order valence-electron chi connectivity index (χ3n) is 5.88. The van der Waals surface area contributed by atoms with Crippen LogP contribution >= 0.6 is 0 Å². The van der Waals surface area contributed by atoms with Gasteiger partial charge in [0.05, 0.1) is 11.1 Å². The number of amides is 1. The van der Waals surface area contributed by atoms with Crippen LogP contribution in [0.1, 0.15) is 22.3 Å². The molecule has 3 N–H and O–H groups in total. The summed E-state index contributed by atoms with van der Waals surface area (Å²) in [5, 5.41) is 8.63. The minimum Gasteiger partial charge on any atom is -0.371 e. The molecule has 0 saturated carbocycles. The highest BCUT2D eigenvalue weighted by atomic mass is 32.2. The molecule has 0 bridgehead atoms. The lowest BCUT2D eigenvalue weighted by Crippen LogP contribution is -2.18. The van der Waals surface area contributed by atoms with E-state index in [-0.39, 0.29) is 22.4 Å². The predicted octanol–water partition coefficient (Wildman–Crippen LogP) is 7.09. The second kappa shape index (κ2) is 11.7. The number of carbonyl (C=O) groups is 1. The first kappa shape index (κ1) is 30.3. The molecule has 0 spiro atoms. The van der Waals surface area contributed by atoms with Crippen LogP contribution in [0.3, 0.4) is 0 Å². The van der Waals surface area contributed by atoms with Crippen LogP contribution in [0.25, 0.3) is 16.3 Å². The SMILES string of the molecule is NS(=O)(=O)Oc1ccc2cccc(NC(=O)/C=C/C=C(c3ccc(C(F)(F)F)cc3)c3ccc(C(F)(F)F)cc3)c2c1. The number of hydrogen-bond donors (Lipinski definition) is 2. The van der Waals surface area contributed by atoms with E-state index in [9.17, 15) is 39.6 Å². The quantitative estimate of drug-likeness (QED) is 0.133. The molecule has 0 unspecified atom stereocenters. The lowest BCUT2D eigenvalue weighted by Gasteiger charge is -2.12. The molecule has 0 heterocycles. The van der Waals surface area contributed by atoms with E-state index in [2.05, 4.69) is 9.50 Å². The van der Waals surface area contributed by atoms with Crippen LogP contribution in [0, 0.1) is 0 Å². The van der Waals surface area contributed by atoms with Gasteiger partial charge in [0.15, 0.2) is 0 Å². The molecule has 0 aliphatic rings. The number of benzene rings is 4. The molecule has 4 rings (SSSR count). The molecule has 218 valence electrons. The Morgan fingerprint density at radius 1 is 0.786 bits per heavy atom. The first-order chi connectivity index (χ1) is 19.6. The van der Waals surface area contributed by atoms with Gasteiger partial charge < -0.3 is 9.50 Å². The second-order valence-electron chi connectivity index (χ2n) is 8.84. The lowest BCUT2D eigenvalue weighted by molar-refractivity contribution is -0.138. The minimum absolute atomic E-state index is 0.0806. The maximum atomic E-state index is 13.0. The molecule has 0 fully saturated rings. The molecule has 13 heteroatoms. The maximum Gasteiger partial charge on any atom is 0.416 e. The van der Waals surface area contributed by atoms with E-state index < -0.39 is 39.7 Å². The fourth-order valence-electron chi connectivity index (χ4n) is 3.99. The lowest BCUT2D eigenvalue weighted by atomic mass is 9.95. The minimum atomic E-state index is -4.58. The fraction of sp³-hybridized carbons (Fsp3) is 0.0690. The summed E-state index contributed by atoms with van der Waals surface area (Å²) < 4.78 is 106. The molecule has 0 radical (unpaired) electrons. The van der Waals surface area contributed by atoms with E-state index in [1.807, 2.05) is 0 Å². The maximum absolute atomic E-state index is 13.0. The first-order valence-electron chi connectivity index (χ1n) is 11.9. The Labute approximate surface area is 236 Å². The Morgan fingerprint density at radius 2 is 1.33 bits per heavy atom. The number of fused-ring (bicyclic) bond motifs is 1. The monoisotopic (exact) mass is 606 g/mol. The zero-order valence-electron chi connectivity index (χ0n) is 21.2. The van der Waals surface area contributed by atoms with Gasteiger partial charge in [-0.05, 0) is 64.6 Å². The van der Waals surface area contributed by atoms with Crippen molar-refractivity contribution in [3.05, 3.63) is 125 Å². The van der Waals surface area contributed by atoms with Crippen LogP contribution in [0.5, 0.6) is 5.75 Å². The van der Waals surface area contributed by atoms with Gasteiger partial charge in [0, 0.05) is 17.1 Å². The molecular weight excluding hydrogens is 586 g/mol. The average Bonchev–Trinajstić information content (AvgIpc) is 2.90. The molecule has 0 aliphatic heterocycles. The Balaban J connectivity index is 1.64. The predicted molar refractivity (Wildman–Crippen MR) is 145 cm³/mol. The number of carbonyl (C=O) groups excluding carboxylic acids is 1. The Bertz CT molecular complexity index is 1720. The number of rotatable bonds is 7. The number of alkyl halides is 6. The van der Waals surface area contributed by atoms with Crippen LogP contribution in [0.4, 0.5) is 32.0 Å². The standard InChI is InChI=1S/C29H20F6N2O4S/c30-28(31,32)21-12-7-19(8-13-21)24(20-9-14-22(15-10-20)29(33,34)35)4-2-6-27(38)37-26-5-1-3-18-11-16-23(17-25(18)26)41-42(36,39)40/h1-17H,(H,37,38)(H2,36,39,40)/b6-2+. The molecule has 0 saturated heterocycles. The van der Waals surface area contributed by atoms with Crippen molar-refractivity contribution >= 4 is 38.2 Å². The van der Waals surface area contributed by atoms with Crippen molar-refractivity contribution in [1.82, 2.24) is 0 Å². The Morgan fingerprint density at radius 3 is 1.83 bits per heavy atom. The third kappa shape index (κ3) is 7.77. The van der Waals surface area contributed by atoms with Crippen LogP contribution < -0.4 is 14.6 Å². The van der Waals surface area contributed by atoms with E-state index in [1.165, 1.54) is 48.6 Å². The summed E-state index contributed by atoms with van der Waals surface area (Å²) in [5.41, 5.74) is -0.706. The molecule has 4 aromatic carbocycles. The van der Waals surface area contributed by atoms with Gasteiger partial charge in [0.25, 0.3) is 0 Å². The van der Waals surface area contributed by atoms with Gasteiger partial charge >= 0.3 is 22.7 Å². The highest BCUT2D eigenvalue weighted by molar-refractivity contribution is 7.84. The van der Waals surface area contributed by atoms with Crippen molar-refractivity contribution in [2.75, 3.05) is 5.32 Å². The smallest absolute Gasteiger partial charge is 0.371 e. The highest BCUT2D eigenvalue weighted by Crippen LogP contribution is 2.34. The Hall–Kier alpha value is -4.62. The zero-order valence-corrected chi connectivity index (χ0v) is 22.0. The molecule has 1 amide bonds. The molecule has 42 heavy (non-hydrogen) atoms. The molecule has 0 aromatic heterocycles. The van der Waals surface area contributed by atoms with Crippen molar-refractivity contribution in [2.45, 2.75) is 12.4 Å². The van der Waals surface area contributed by atoms with Crippen LogP contribution in [-0.2, 0) is 27.5 Å². The van der Waals surface area contributed by atoms with Gasteiger partial charge in [-0.1, -0.05) is 54.6 Å². The summed E-state index contributed by atoms with van der Waals surface area (Å²) in [4.78, 5) is 12.7. The van der Waals surface area contributed by atoms with Crippen molar-refractivity contribution < 1.29 is 43.7 Å². The molecule has 0 aliphatic carbocycles. The van der Waals surface area contributed by atoms with Crippen molar-refractivity contribution in [1.29, 1.82) is 0 Å². The normalized spacial score (nSPS) is 12.4. The highest BCUT2D eigenvalue weighted by Gasteiger charge is 2.31. The summed E-state index contributed by atoms with van der Waals surface area (Å²) in [6.45, 7) is 0. The van der Waals surface area contributed by atoms with E-state index in [4.69, 9.17) is 5.14 Å². The van der Waals surface area contributed by atoms with Crippen molar-refractivity contribution in [3.63, 3.8) is 0 Å². The van der Waals surface area contributed by atoms with E-state index >= 15 is 0 Å². The number of halogens is 6. The third-order valence-corrected chi connectivity index (χ3v) is 6.31. The fourth-order valence-corrected chi connectivity index (χ4v) is 4.36. The molecule has 6 nitrogen and oxygen atoms in total. The molecular formula is C29H20F6N2O4S. The first-order valence-corrected chi connectivity index (χ1v) is 13.4. The summed E-state index contributed by atoms with van der Waals surface area (Å²) in [5.74, 6) is -0.710. The van der Waals surface area contributed by atoms with Crippen LogP contribution in [-0.4, -0.2) is 14.3 Å². The summed E-state index contributed by atoms with van der Waals surface area (Å²) >= 11 is 0. The number of hydrogen-bond acceptors (Lipinski definition) is 4. The van der Waals surface area contributed by atoms with Crippen LogP contribution in [0.15, 0.2) is 103 Å². The van der Waals surface area contributed by atoms with Gasteiger partial charge in [-0.3, -0.25) is 4.79 Å². The number of allylic oxidation sites excluding steroid dienone is 2. The second-order valence-corrected chi connectivity index (χ2v) is 10.00. The summed E-state index contributed by atoms with van der Waals surface area (Å²) in [6.07, 6.45) is -5.38. The van der Waals surface area contributed by atoms with Gasteiger partial charge in [0.2, 0.25) is 5.91 Å². The largest absolute Gasteiger partial charge is 0.416 e. The van der Waals surface area contributed by atoms with Crippen molar-refractivity contribution in [2.24, 2.45) is 5.14 Å². The van der Waals surface area contributed by atoms with Crippen LogP contribution in [0.2, 0.25) is 0 Å². The molecule has 4 aromatic rings. The number of nitrogens with one attached hydrogen (secondary N) is 1. The van der Waals surface area contributed by atoms with E-state index in [0.29, 0.717) is 16.5 Å². The van der Waals surface area contributed by atoms with Gasteiger partial charge in [-0.15, -0.1) is 0 Å². The molecule has 0 atom stereocenters. The summed E-state index contributed by atoms with van der Waals surface area (Å²) in [7, 11) is -4.28. The van der Waals surface area contributed by atoms with E-state index in [1.54, 1.807) is 24.3 Å². The topological polar surface area (TPSA) is 98.5 Å². The Kier molecular flexibility index (Phi) is 8.45. The summed E-state index contributed by atoms with van der Waals surface area (Å²) in [6, 6.07) is 17.3.